The van der Waals surface area contributed by atoms with E-state index in [0.29, 0.717) is 12.4 Å². The molecule has 0 aromatic carbocycles. The summed E-state index contributed by atoms with van der Waals surface area (Å²) in [5.74, 6) is 1.28. The quantitative estimate of drug-likeness (QED) is 0.767. The van der Waals surface area contributed by atoms with Crippen LogP contribution in [0.25, 0.3) is 0 Å². The molecule has 0 saturated carbocycles. The van der Waals surface area contributed by atoms with E-state index >= 15 is 0 Å². The molecular weight excluding hydrogens is 252 g/mol. The Hall–Kier alpha value is -1.68. The maximum atomic E-state index is 11.8. The number of hydrogen-bond acceptors (Lipinski definition) is 5. The van der Waals surface area contributed by atoms with Crippen LogP contribution in [0.5, 0.6) is 0 Å². The predicted molar refractivity (Wildman–Crippen MR) is 73.1 cm³/mol. The number of anilines is 1. The first-order valence-corrected chi connectivity index (χ1v) is 6.87. The van der Waals surface area contributed by atoms with Gasteiger partial charge in [0.2, 0.25) is 0 Å². The van der Waals surface area contributed by atoms with Gasteiger partial charge >= 0.3 is 5.69 Å². The lowest BCUT2D eigenvalue weighted by atomic mass is 10.3. The van der Waals surface area contributed by atoms with Gasteiger partial charge < -0.3 is 5.32 Å². The first-order valence-electron chi connectivity index (χ1n) is 5.47. The summed E-state index contributed by atoms with van der Waals surface area (Å²) in [7, 11) is 2.91. The van der Waals surface area contributed by atoms with Gasteiger partial charge in [0.05, 0.1) is 0 Å². The Balaban J connectivity index is 3.15. The van der Waals surface area contributed by atoms with E-state index < -0.39 is 11.2 Å². The lowest BCUT2D eigenvalue weighted by Gasteiger charge is -2.13. The number of rotatable bonds is 5. The van der Waals surface area contributed by atoms with Gasteiger partial charge in [0, 0.05) is 20.6 Å². The standard InChI is InChI=1S/C11H16N4O2S/c1-14-9(13-5-4-6-18-3)8(7-12)10(16)15(2)11(14)17/h13H,4-6H2,1-3H3. The van der Waals surface area contributed by atoms with Crippen molar-refractivity contribution >= 4 is 17.6 Å². The minimum absolute atomic E-state index is 0.0243. The highest BCUT2D eigenvalue weighted by Gasteiger charge is 2.14. The van der Waals surface area contributed by atoms with Crippen LogP contribution in [-0.4, -0.2) is 27.7 Å². The zero-order chi connectivity index (χ0) is 13.7. The van der Waals surface area contributed by atoms with E-state index in [4.69, 9.17) is 5.26 Å². The topological polar surface area (TPSA) is 79.8 Å². The number of nitrogens with one attached hydrogen (secondary N) is 1. The van der Waals surface area contributed by atoms with Crippen LogP contribution in [0.15, 0.2) is 9.59 Å². The van der Waals surface area contributed by atoms with Crippen molar-refractivity contribution in [3.63, 3.8) is 0 Å². The number of thioether (sulfide) groups is 1. The molecule has 1 heterocycles. The zero-order valence-electron chi connectivity index (χ0n) is 10.7. The van der Waals surface area contributed by atoms with Gasteiger partial charge in [-0.1, -0.05) is 0 Å². The molecule has 0 bridgehead atoms. The van der Waals surface area contributed by atoms with E-state index in [0.717, 1.165) is 16.7 Å². The molecule has 0 fully saturated rings. The summed E-state index contributed by atoms with van der Waals surface area (Å²) < 4.78 is 2.23. The molecule has 6 nitrogen and oxygen atoms in total. The van der Waals surface area contributed by atoms with Gasteiger partial charge in [0.25, 0.3) is 5.56 Å². The van der Waals surface area contributed by atoms with Crippen molar-refractivity contribution in [2.75, 3.05) is 23.9 Å². The van der Waals surface area contributed by atoms with Crippen molar-refractivity contribution < 1.29 is 0 Å². The summed E-state index contributed by atoms with van der Waals surface area (Å²) in [5.41, 5.74) is -1.02. The number of nitriles is 1. The fraction of sp³-hybridized carbons (Fsp3) is 0.545. The van der Waals surface area contributed by atoms with Crippen LogP contribution in [0.4, 0.5) is 5.82 Å². The summed E-state index contributed by atoms with van der Waals surface area (Å²) in [6.45, 7) is 0.621. The Bertz CT molecular complexity index is 582. The fourth-order valence-electron chi connectivity index (χ4n) is 1.58. The lowest BCUT2D eigenvalue weighted by Crippen LogP contribution is -2.40. The number of aromatic nitrogens is 2. The molecule has 18 heavy (non-hydrogen) atoms. The summed E-state index contributed by atoms with van der Waals surface area (Å²) in [5, 5.41) is 12.0. The molecule has 0 aliphatic rings. The molecule has 0 radical (unpaired) electrons. The lowest BCUT2D eigenvalue weighted by molar-refractivity contribution is 0.684. The van der Waals surface area contributed by atoms with Crippen LogP contribution < -0.4 is 16.6 Å². The minimum Gasteiger partial charge on any atom is -0.370 e. The van der Waals surface area contributed by atoms with E-state index in [1.807, 2.05) is 12.3 Å². The SMILES string of the molecule is CSCCCNc1c(C#N)c(=O)n(C)c(=O)n1C. The van der Waals surface area contributed by atoms with E-state index in [1.54, 1.807) is 18.8 Å². The van der Waals surface area contributed by atoms with Crippen LogP contribution in [-0.2, 0) is 14.1 Å². The van der Waals surface area contributed by atoms with Crippen molar-refractivity contribution in [2.24, 2.45) is 14.1 Å². The van der Waals surface area contributed by atoms with Crippen molar-refractivity contribution in [3.05, 3.63) is 26.4 Å². The van der Waals surface area contributed by atoms with Crippen molar-refractivity contribution in [1.82, 2.24) is 9.13 Å². The van der Waals surface area contributed by atoms with Gasteiger partial charge in [-0.2, -0.15) is 17.0 Å². The van der Waals surface area contributed by atoms with E-state index in [-0.39, 0.29) is 5.56 Å². The van der Waals surface area contributed by atoms with Crippen molar-refractivity contribution in [2.45, 2.75) is 6.42 Å². The van der Waals surface area contributed by atoms with Crippen LogP contribution in [0.1, 0.15) is 12.0 Å². The Morgan fingerprint density at radius 1 is 1.33 bits per heavy atom. The summed E-state index contributed by atoms with van der Waals surface area (Å²) in [6, 6.07) is 1.85. The molecule has 98 valence electrons. The monoisotopic (exact) mass is 268 g/mol. The Morgan fingerprint density at radius 3 is 2.56 bits per heavy atom. The average Bonchev–Trinajstić information content (AvgIpc) is 2.38. The molecule has 0 amide bonds. The molecular formula is C11H16N4O2S. The maximum absolute atomic E-state index is 11.8. The highest BCUT2D eigenvalue weighted by Crippen LogP contribution is 2.07. The molecule has 7 heteroatoms. The molecule has 0 spiro atoms. The molecule has 0 unspecified atom stereocenters. The Morgan fingerprint density at radius 2 is 2.00 bits per heavy atom. The zero-order valence-corrected chi connectivity index (χ0v) is 11.5. The molecule has 0 aliphatic carbocycles. The van der Waals surface area contributed by atoms with Crippen LogP contribution in [0.2, 0.25) is 0 Å². The van der Waals surface area contributed by atoms with Gasteiger partial charge in [0.15, 0.2) is 5.56 Å². The summed E-state index contributed by atoms with van der Waals surface area (Å²) >= 11 is 1.72. The van der Waals surface area contributed by atoms with Gasteiger partial charge in [-0.15, -0.1) is 0 Å². The van der Waals surface area contributed by atoms with Crippen LogP contribution >= 0.6 is 11.8 Å². The highest BCUT2D eigenvalue weighted by atomic mass is 32.2. The first kappa shape index (κ1) is 14.4. The highest BCUT2D eigenvalue weighted by molar-refractivity contribution is 7.98. The second-order valence-corrected chi connectivity index (χ2v) is 4.80. The number of hydrogen-bond donors (Lipinski definition) is 1. The average molecular weight is 268 g/mol. The molecule has 1 rings (SSSR count). The first-order chi connectivity index (χ1) is 8.54. The second kappa shape index (κ2) is 6.31. The summed E-state index contributed by atoms with van der Waals surface area (Å²) in [6.07, 6.45) is 2.91. The Labute approximate surface area is 109 Å². The molecule has 0 saturated heterocycles. The number of nitrogens with zero attached hydrogens (tertiary/aromatic N) is 3. The van der Waals surface area contributed by atoms with E-state index in [9.17, 15) is 9.59 Å². The maximum Gasteiger partial charge on any atom is 0.332 e. The molecule has 1 N–H and O–H groups in total. The van der Waals surface area contributed by atoms with E-state index in [1.165, 1.54) is 11.6 Å². The molecule has 1 aromatic rings. The van der Waals surface area contributed by atoms with Crippen molar-refractivity contribution in [3.8, 4) is 6.07 Å². The van der Waals surface area contributed by atoms with Gasteiger partial charge in [-0.25, -0.2) is 4.79 Å². The largest absolute Gasteiger partial charge is 0.370 e. The van der Waals surface area contributed by atoms with Gasteiger partial charge in [0.1, 0.15) is 11.9 Å². The van der Waals surface area contributed by atoms with Crippen LogP contribution in [0, 0.1) is 11.3 Å². The van der Waals surface area contributed by atoms with E-state index in [2.05, 4.69) is 5.32 Å². The van der Waals surface area contributed by atoms with Crippen molar-refractivity contribution in [1.29, 1.82) is 5.26 Å². The predicted octanol–water partition coefficient (Wildman–Crippen LogP) is 0.121. The normalized spacial score (nSPS) is 10.1. The molecule has 0 aliphatic heterocycles. The molecule has 1 aromatic heterocycles. The van der Waals surface area contributed by atoms with Crippen LogP contribution in [0.3, 0.4) is 0 Å². The molecule has 0 atom stereocenters. The van der Waals surface area contributed by atoms with Gasteiger partial charge in [-0.3, -0.25) is 13.9 Å². The van der Waals surface area contributed by atoms with Gasteiger partial charge in [-0.05, 0) is 18.4 Å². The Kier molecular flexibility index (Phi) is 5.04. The minimum atomic E-state index is -0.562. The third-order valence-electron chi connectivity index (χ3n) is 2.59. The third-order valence-corrected chi connectivity index (χ3v) is 3.29. The smallest absolute Gasteiger partial charge is 0.332 e. The second-order valence-electron chi connectivity index (χ2n) is 3.81. The summed E-state index contributed by atoms with van der Waals surface area (Å²) in [4.78, 5) is 23.5. The fourth-order valence-corrected chi connectivity index (χ4v) is 2.01. The third kappa shape index (κ3) is 2.76.